The molecule has 2 heteroatoms. The van der Waals surface area contributed by atoms with Gasteiger partial charge in [-0.25, -0.2) is 0 Å². The van der Waals surface area contributed by atoms with Crippen LogP contribution in [-0.2, 0) is 4.74 Å². The van der Waals surface area contributed by atoms with E-state index in [-0.39, 0.29) is 6.10 Å². The molecule has 0 N–H and O–H groups in total. The molecule has 1 rings (SSSR count). The Kier molecular flexibility index (Phi) is 2.49. The highest BCUT2D eigenvalue weighted by molar-refractivity contribution is 5.59. The highest BCUT2D eigenvalue weighted by Gasteiger charge is 2.02. The lowest BCUT2D eigenvalue weighted by atomic mass is 10.2. The summed E-state index contributed by atoms with van der Waals surface area (Å²) in [6, 6.07) is 0. The predicted molar refractivity (Wildman–Crippen MR) is 42.0 cm³/mol. The second-order valence-corrected chi connectivity index (χ2v) is 2.63. The minimum atomic E-state index is 0.277. The van der Waals surface area contributed by atoms with Crippen molar-refractivity contribution >= 4 is 6.21 Å². The molecule has 0 aromatic rings. The third kappa shape index (κ3) is 2.21. The van der Waals surface area contributed by atoms with Gasteiger partial charge in [0.05, 0.1) is 12.3 Å². The molecule has 0 fully saturated rings. The van der Waals surface area contributed by atoms with Gasteiger partial charge in [-0.05, 0) is 20.3 Å². The molecule has 1 aliphatic rings. The Hall–Kier alpha value is -0.790. The summed E-state index contributed by atoms with van der Waals surface area (Å²) in [6.45, 7) is 4.05. The van der Waals surface area contributed by atoms with Crippen LogP contribution in [0.1, 0.15) is 26.7 Å². The Labute approximate surface area is 61.6 Å². The van der Waals surface area contributed by atoms with E-state index in [1.54, 1.807) is 6.20 Å². The summed E-state index contributed by atoms with van der Waals surface area (Å²) in [4.78, 5) is 4.00. The summed E-state index contributed by atoms with van der Waals surface area (Å²) in [7, 11) is 0. The van der Waals surface area contributed by atoms with Crippen LogP contribution in [0, 0.1) is 0 Å². The molecule has 56 valence electrons. The van der Waals surface area contributed by atoms with Crippen LogP contribution in [-0.4, -0.2) is 12.3 Å². The van der Waals surface area contributed by atoms with Crippen molar-refractivity contribution in [1.82, 2.24) is 0 Å². The summed E-state index contributed by atoms with van der Waals surface area (Å²) in [6.07, 6.45) is 6.00. The first kappa shape index (κ1) is 7.32. The summed E-state index contributed by atoms with van der Waals surface area (Å²) < 4.78 is 5.44. The van der Waals surface area contributed by atoms with E-state index in [0.29, 0.717) is 0 Å². The average Bonchev–Trinajstić information content (AvgIpc) is 1.88. The lowest BCUT2D eigenvalue weighted by Gasteiger charge is -2.13. The Bertz CT molecular complexity index is 159. The fourth-order valence-electron chi connectivity index (χ4n) is 0.874. The van der Waals surface area contributed by atoms with Gasteiger partial charge >= 0.3 is 0 Å². The second kappa shape index (κ2) is 3.40. The Morgan fingerprint density at radius 1 is 1.60 bits per heavy atom. The van der Waals surface area contributed by atoms with Crippen LogP contribution >= 0.6 is 0 Å². The molecule has 10 heavy (non-hydrogen) atoms. The fraction of sp³-hybridized carbons (Fsp3) is 0.625. The summed E-state index contributed by atoms with van der Waals surface area (Å²) >= 11 is 0. The number of nitrogens with zero attached hydrogens (tertiary/aromatic N) is 1. The van der Waals surface area contributed by atoms with Gasteiger partial charge in [0.25, 0.3) is 0 Å². The zero-order valence-corrected chi connectivity index (χ0v) is 6.50. The van der Waals surface area contributed by atoms with Crippen LogP contribution in [0.15, 0.2) is 17.0 Å². The standard InChI is InChI=1S/C8H13NO/c1-7(2)10-8-4-3-5-9-6-8/h5-7H,3-4H2,1-2H3. The molecule has 0 aromatic carbocycles. The van der Waals surface area contributed by atoms with Gasteiger partial charge in [-0.3, -0.25) is 4.99 Å². The molecule has 2 nitrogen and oxygen atoms in total. The maximum atomic E-state index is 5.44. The van der Waals surface area contributed by atoms with E-state index in [9.17, 15) is 0 Å². The van der Waals surface area contributed by atoms with Gasteiger partial charge in [0.2, 0.25) is 0 Å². The molecule has 0 amide bonds. The van der Waals surface area contributed by atoms with E-state index in [4.69, 9.17) is 4.74 Å². The van der Waals surface area contributed by atoms with E-state index in [0.717, 1.165) is 18.6 Å². The molecule has 0 aromatic heterocycles. The number of rotatable bonds is 2. The van der Waals surface area contributed by atoms with Gasteiger partial charge in [0.1, 0.15) is 5.76 Å². The van der Waals surface area contributed by atoms with Crippen molar-refractivity contribution < 1.29 is 4.74 Å². The Morgan fingerprint density at radius 2 is 2.40 bits per heavy atom. The first-order valence-electron chi connectivity index (χ1n) is 3.66. The van der Waals surface area contributed by atoms with Crippen LogP contribution in [0.5, 0.6) is 0 Å². The molecule has 0 radical (unpaired) electrons. The monoisotopic (exact) mass is 139 g/mol. The molecule has 0 saturated heterocycles. The van der Waals surface area contributed by atoms with Gasteiger partial charge in [-0.2, -0.15) is 0 Å². The number of allylic oxidation sites excluding steroid dienone is 1. The minimum absolute atomic E-state index is 0.277. The third-order valence-electron chi connectivity index (χ3n) is 1.23. The molecule has 0 unspecified atom stereocenters. The maximum absolute atomic E-state index is 5.44. The molecule has 0 spiro atoms. The highest BCUT2D eigenvalue weighted by atomic mass is 16.5. The van der Waals surface area contributed by atoms with Crippen LogP contribution in [0.3, 0.4) is 0 Å². The smallest absolute Gasteiger partial charge is 0.115 e. The second-order valence-electron chi connectivity index (χ2n) is 2.63. The van der Waals surface area contributed by atoms with E-state index in [2.05, 4.69) is 4.99 Å². The Balaban J connectivity index is 2.39. The van der Waals surface area contributed by atoms with Crippen molar-refractivity contribution in [2.45, 2.75) is 32.8 Å². The van der Waals surface area contributed by atoms with Crippen LogP contribution in [0.4, 0.5) is 0 Å². The number of hydrogen-bond acceptors (Lipinski definition) is 2. The Morgan fingerprint density at radius 3 is 2.90 bits per heavy atom. The minimum Gasteiger partial charge on any atom is -0.494 e. The van der Waals surface area contributed by atoms with Gasteiger partial charge in [0, 0.05) is 12.6 Å². The van der Waals surface area contributed by atoms with Crippen molar-refractivity contribution in [3.8, 4) is 0 Å². The van der Waals surface area contributed by atoms with E-state index in [1.807, 2.05) is 20.1 Å². The number of ether oxygens (including phenoxy) is 1. The lowest BCUT2D eigenvalue weighted by Crippen LogP contribution is -2.03. The molecule has 0 bridgehead atoms. The van der Waals surface area contributed by atoms with Gasteiger partial charge in [-0.1, -0.05) is 0 Å². The predicted octanol–water partition coefficient (Wildman–Crippen LogP) is 2.12. The number of aliphatic imine (C=N–C) groups is 1. The molecule has 0 saturated carbocycles. The fourth-order valence-corrected chi connectivity index (χ4v) is 0.874. The zero-order chi connectivity index (χ0) is 7.40. The van der Waals surface area contributed by atoms with Crippen molar-refractivity contribution in [2.75, 3.05) is 0 Å². The first-order valence-corrected chi connectivity index (χ1v) is 3.66. The molecule has 1 aliphatic heterocycles. The molecule has 0 atom stereocenters. The van der Waals surface area contributed by atoms with Crippen molar-refractivity contribution in [3.63, 3.8) is 0 Å². The molecular weight excluding hydrogens is 126 g/mol. The van der Waals surface area contributed by atoms with Crippen LogP contribution in [0.25, 0.3) is 0 Å². The summed E-state index contributed by atoms with van der Waals surface area (Å²) in [5.74, 6) is 1.01. The first-order chi connectivity index (χ1) is 4.79. The van der Waals surface area contributed by atoms with E-state index < -0.39 is 0 Å². The SMILES string of the molecule is CC(C)OC1=CN=CCC1. The average molecular weight is 139 g/mol. The van der Waals surface area contributed by atoms with Crippen molar-refractivity contribution in [3.05, 3.63) is 12.0 Å². The van der Waals surface area contributed by atoms with Crippen molar-refractivity contribution in [2.24, 2.45) is 4.99 Å². The normalized spacial score (nSPS) is 17.3. The zero-order valence-electron chi connectivity index (χ0n) is 6.50. The molecular formula is C8H13NO. The topological polar surface area (TPSA) is 21.6 Å². The summed E-state index contributed by atoms with van der Waals surface area (Å²) in [5.41, 5.74) is 0. The van der Waals surface area contributed by atoms with E-state index in [1.165, 1.54) is 0 Å². The molecule has 0 aliphatic carbocycles. The lowest BCUT2D eigenvalue weighted by molar-refractivity contribution is 0.139. The van der Waals surface area contributed by atoms with Gasteiger partial charge < -0.3 is 4.74 Å². The van der Waals surface area contributed by atoms with Crippen LogP contribution < -0.4 is 0 Å². The van der Waals surface area contributed by atoms with Gasteiger partial charge in [0.15, 0.2) is 0 Å². The largest absolute Gasteiger partial charge is 0.494 e. The highest BCUT2D eigenvalue weighted by Crippen LogP contribution is 2.12. The quantitative estimate of drug-likeness (QED) is 0.574. The number of hydrogen-bond donors (Lipinski definition) is 0. The van der Waals surface area contributed by atoms with Crippen LogP contribution in [0.2, 0.25) is 0 Å². The van der Waals surface area contributed by atoms with Crippen molar-refractivity contribution in [1.29, 1.82) is 0 Å². The molecule has 1 heterocycles. The third-order valence-corrected chi connectivity index (χ3v) is 1.23. The van der Waals surface area contributed by atoms with Gasteiger partial charge in [-0.15, -0.1) is 0 Å². The van der Waals surface area contributed by atoms with E-state index >= 15 is 0 Å². The maximum Gasteiger partial charge on any atom is 0.115 e. The summed E-state index contributed by atoms with van der Waals surface area (Å²) in [5, 5.41) is 0.